The number of rotatable bonds is 3. The summed E-state index contributed by atoms with van der Waals surface area (Å²) < 4.78 is 6.80. The minimum atomic E-state index is -1.08. The summed E-state index contributed by atoms with van der Waals surface area (Å²) in [6.45, 7) is 4.00. The van der Waals surface area contributed by atoms with Crippen LogP contribution >= 0.6 is 0 Å². The van der Waals surface area contributed by atoms with Gasteiger partial charge >= 0.3 is 11.9 Å². The van der Waals surface area contributed by atoms with Gasteiger partial charge in [-0.05, 0) is 12.1 Å². The van der Waals surface area contributed by atoms with E-state index in [4.69, 9.17) is 9.52 Å². The van der Waals surface area contributed by atoms with Crippen LogP contribution in [0.15, 0.2) is 41.3 Å². The van der Waals surface area contributed by atoms with Gasteiger partial charge in [0.2, 0.25) is 5.58 Å². The molecule has 0 saturated heterocycles. The van der Waals surface area contributed by atoms with Crippen molar-refractivity contribution in [3.63, 3.8) is 0 Å². The second-order valence-electron chi connectivity index (χ2n) is 3.08. The zero-order valence-corrected chi connectivity index (χ0v) is 8.01. The van der Waals surface area contributed by atoms with E-state index in [-0.39, 0.29) is 5.89 Å². The highest BCUT2D eigenvalue weighted by Crippen LogP contribution is 2.13. The third-order valence-electron chi connectivity index (χ3n) is 2.10. The number of carboxylic acids is 1. The molecule has 0 atom stereocenters. The molecule has 0 bridgehead atoms. The number of hydrogen-bond acceptors (Lipinski definition) is 2. The molecule has 1 aromatic carbocycles. The summed E-state index contributed by atoms with van der Waals surface area (Å²) in [5, 5.41) is 8.94. The molecule has 0 saturated carbocycles. The lowest BCUT2D eigenvalue weighted by Crippen LogP contribution is -2.37. The first-order valence-corrected chi connectivity index (χ1v) is 4.49. The second kappa shape index (κ2) is 3.57. The molecule has 4 heteroatoms. The van der Waals surface area contributed by atoms with Crippen molar-refractivity contribution in [2.75, 3.05) is 0 Å². The zero-order valence-electron chi connectivity index (χ0n) is 8.01. The van der Waals surface area contributed by atoms with E-state index in [2.05, 4.69) is 6.58 Å². The van der Waals surface area contributed by atoms with Gasteiger partial charge in [-0.25, -0.2) is 4.79 Å². The van der Waals surface area contributed by atoms with Crippen LogP contribution in [0.1, 0.15) is 10.7 Å². The van der Waals surface area contributed by atoms with Gasteiger partial charge in [0.15, 0.2) is 6.54 Å². The van der Waals surface area contributed by atoms with Crippen LogP contribution in [0.4, 0.5) is 0 Å². The summed E-state index contributed by atoms with van der Waals surface area (Å²) >= 11 is 0. The molecule has 0 radical (unpaired) electrons. The molecular formula is C11H10NO3+. The Morgan fingerprint density at radius 2 is 2.27 bits per heavy atom. The number of benzene rings is 1. The highest BCUT2D eigenvalue weighted by atomic mass is 16.4. The van der Waals surface area contributed by atoms with Gasteiger partial charge in [-0.15, -0.1) is 4.57 Å². The normalized spacial score (nSPS) is 10.4. The number of aromatic nitrogens is 1. The monoisotopic (exact) mass is 204 g/mol. The molecule has 15 heavy (non-hydrogen) atoms. The maximum Gasteiger partial charge on any atom is 0.462 e. The van der Waals surface area contributed by atoms with Gasteiger partial charge in [0.25, 0.3) is 5.52 Å². The fourth-order valence-corrected chi connectivity index (χ4v) is 1.50. The molecule has 76 valence electrons. The third kappa shape index (κ3) is 1.50. The van der Waals surface area contributed by atoms with Crippen molar-refractivity contribution in [3.8, 4) is 0 Å². The molecule has 1 aromatic heterocycles. The van der Waals surface area contributed by atoms with Crippen LogP contribution in [-0.4, -0.2) is 11.1 Å². The van der Waals surface area contributed by atoms with Crippen molar-refractivity contribution in [1.82, 2.24) is 0 Å². The summed E-state index contributed by atoms with van der Waals surface area (Å²) in [7, 11) is 0. The van der Waals surface area contributed by atoms with E-state index in [9.17, 15) is 4.79 Å². The molecule has 4 nitrogen and oxygen atoms in total. The van der Waals surface area contributed by atoms with E-state index in [1.54, 1.807) is 22.8 Å². The van der Waals surface area contributed by atoms with Crippen molar-refractivity contribution in [3.05, 3.63) is 42.8 Å². The van der Waals surface area contributed by atoms with Gasteiger partial charge in [0, 0.05) is 6.07 Å². The van der Waals surface area contributed by atoms with Crippen molar-refractivity contribution >= 4 is 17.1 Å². The lowest BCUT2D eigenvalue weighted by Gasteiger charge is -1.88. The zero-order chi connectivity index (χ0) is 10.8. The average Bonchev–Trinajstić information content (AvgIpc) is 2.58. The molecule has 2 aromatic rings. The highest BCUT2D eigenvalue weighted by molar-refractivity contribution is 5.83. The van der Waals surface area contributed by atoms with Gasteiger partial charge in [-0.2, -0.15) is 0 Å². The van der Waals surface area contributed by atoms with Gasteiger partial charge < -0.3 is 9.52 Å². The molecule has 0 amide bonds. The first-order chi connectivity index (χ1) is 7.24. The number of carbonyl (C=O) groups is 1. The van der Waals surface area contributed by atoms with Gasteiger partial charge in [-0.1, -0.05) is 18.7 Å². The Bertz CT molecular complexity index is 528. The topological polar surface area (TPSA) is 54.3 Å². The molecule has 2 rings (SSSR count). The van der Waals surface area contributed by atoms with Crippen LogP contribution < -0.4 is 4.57 Å². The van der Waals surface area contributed by atoms with Crippen molar-refractivity contribution in [1.29, 1.82) is 0 Å². The molecule has 0 spiro atoms. The summed E-state index contributed by atoms with van der Waals surface area (Å²) in [5.74, 6) is -1.15. The van der Waals surface area contributed by atoms with Gasteiger partial charge in [0.05, 0.1) is 0 Å². The number of aromatic carboxylic acids is 1. The third-order valence-corrected chi connectivity index (χ3v) is 2.10. The maximum atomic E-state index is 10.9. The number of nitrogens with zero attached hydrogens (tertiary/aromatic N) is 1. The van der Waals surface area contributed by atoms with Crippen LogP contribution in [0.3, 0.4) is 0 Å². The molecular weight excluding hydrogens is 194 g/mol. The van der Waals surface area contributed by atoms with Crippen molar-refractivity contribution in [2.45, 2.75) is 6.54 Å². The van der Waals surface area contributed by atoms with Crippen LogP contribution in [0.5, 0.6) is 0 Å². The SMILES string of the molecule is C=CC[n+]1c(C(=O)O)oc2ccccc21. The number of para-hydroxylation sites is 2. The molecule has 0 aliphatic heterocycles. The van der Waals surface area contributed by atoms with Crippen LogP contribution in [0.2, 0.25) is 0 Å². The molecule has 1 N–H and O–H groups in total. The number of hydrogen-bond donors (Lipinski definition) is 1. The minimum absolute atomic E-state index is 0.0731. The molecule has 0 aliphatic rings. The van der Waals surface area contributed by atoms with E-state index in [0.717, 1.165) is 5.52 Å². The van der Waals surface area contributed by atoms with Crippen LogP contribution in [0, 0.1) is 0 Å². The van der Waals surface area contributed by atoms with E-state index < -0.39 is 5.97 Å². The number of oxazole rings is 1. The van der Waals surface area contributed by atoms with Crippen LogP contribution in [0.25, 0.3) is 11.1 Å². The Hall–Kier alpha value is -2.10. The molecule has 1 heterocycles. The van der Waals surface area contributed by atoms with E-state index >= 15 is 0 Å². The Balaban J connectivity index is 2.73. The molecule has 0 aliphatic carbocycles. The van der Waals surface area contributed by atoms with Gasteiger partial charge in [0.1, 0.15) is 0 Å². The minimum Gasteiger partial charge on any atom is -0.471 e. The van der Waals surface area contributed by atoms with Crippen molar-refractivity contribution in [2.24, 2.45) is 0 Å². The fraction of sp³-hybridized carbons (Fsp3) is 0.0909. The molecule has 0 unspecified atom stereocenters. The Morgan fingerprint density at radius 1 is 1.53 bits per heavy atom. The van der Waals surface area contributed by atoms with E-state index in [0.29, 0.717) is 12.1 Å². The Kier molecular flexibility index (Phi) is 2.25. The average molecular weight is 204 g/mol. The number of allylic oxidation sites excluding steroid dienone is 1. The fourth-order valence-electron chi connectivity index (χ4n) is 1.50. The first kappa shape index (κ1) is 9.45. The summed E-state index contributed by atoms with van der Waals surface area (Å²) in [6, 6.07) is 7.19. The predicted octanol–water partition coefficient (Wildman–Crippen LogP) is 1.60. The smallest absolute Gasteiger partial charge is 0.462 e. The predicted molar refractivity (Wildman–Crippen MR) is 53.6 cm³/mol. The second-order valence-corrected chi connectivity index (χ2v) is 3.08. The number of fused-ring (bicyclic) bond motifs is 1. The van der Waals surface area contributed by atoms with E-state index in [1.807, 2.05) is 12.1 Å². The largest absolute Gasteiger partial charge is 0.471 e. The van der Waals surface area contributed by atoms with Gasteiger partial charge in [-0.3, -0.25) is 0 Å². The quantitative estimate of drug-likeness (QED) is 0.610. The van der Waals surface area contributed by atoms with Crippen LogP contribution in [-0.2, 0) is 6.54 Å². The highest BCUT2D eigenvalue weighted by Gasteiger charge is 2.27. The summed E-state index contributed by atoms with van der Waals surface area (Å²) in [4.78, 5) is 10.9. The number of carboxylic acid groups (broad SMARTS) is 1. The lowest BCUT2D eigenvalue weighted by atomic mass is 10.3. The van der Waals surface area contributed by atoms with E-state index in [1.165, 1.54) is 0 Å². The Labute approximate surface area is 86.1 Å². The summed E-state index contributed by atoms with van der Waals surface area (Å²) in [5.41, 5.74) is 1.33. The van der Waals surface area contributed by atoms with Crippen molar-refractivity contribution < 1.29 is 18.9 Å². The summed E-state index contributed by atoms with van der Waals surface area (Å²) in [6.07, 6.45) is 1.63. The standard InChI is InChI=1S/C11H9NO3/c1-2-7-12-8-5-3-4-6-9(8)15-10(12)11(13)14/h2-6H,1,7H2/p+1. The molecule has 0 fully saturated rings. The maximum absolute atomic E-state index is 10.9. The Morgan fingerprint density at radius 3 is 2.93 bits per heavy atom. The lowest BCUT2D eigenvalue weighted by molar-refractivity contribution is -0.668. The first-order valence-electron chi connectivity index (χ1n) is 4.49.